The third-order valence-electron chi connectivity index (χ3n) is 4.83. The molecule has 0 bridgehead atoms. The SMILES string of the molecule is COc1cc(Nc2nc(-c3ccc4cn[nH]c4c3)cn3ccnc23)ccc1CO. The molecule has 3 N–H and O–H groups in total. The van der Waals surface area contributed by atoms with Crippen LogP contribution in [0, 0.1) is 0 Å². The number of nitrogens with one attached hydrogen (secondary N) is 2. The number of hydrogen-bond acceptors (Lipinski definition) is 6. The van der Waals surface area contributed by atoms with Crippen molar-refractivity contribution in [2.24, 2.45) is 0 Å². The molecule has 0 amide bonds. The zero-order chi connectivity index (χ0) is 19.8. The number of methoxy groups -OCH3 is 1. The number of ether oxygens (including phenoxy) is 1. The van der Waals surface area contributed by atoms with Crippen LogP contribution in [0.1, 0.15) is 5.56 Å². The van der Waals surface area contributed by atoms with E-state index >= 15 is 0 Å². The highest BCUT2D eigenvalue weighted by atomic mass is 16.5. The Labute approximate surface area is 165 Å². The van der Waals surface area contributed by atoms with E-state index in [4.69, 9.17) is 9.72 Å². The van der Waals surface area contributed by atoms with Gasteiger partial charge in [0.2, 0.25) is 0 Å². The standard InChI is InChI=1S/C21H18N6O2/c1-29-19-9-16(5-4-15(19)12-28)24-20-21-22-6-7-27(21)11-18(25-20)13-2-3-14-10-23-26-17(14)8-13/h2-11,28H,12H2,1H3,(H,23,26)(H,24,25). The summed E-state index contributed by atoms with van der Waals surface area (Å²) in [4.78, 5) is 9.23. The molecule has 2 aromatic carbocycles. The summed E-state index contributed by atoms with van der Waals surface area (Å²) in [6, 6.07) is 11.6. The molecule has 0 aliphatic carbocycles. The van der Waals surface area contributed by atoms with Gasteiger partial charge in [-0.05, 0) is 12.1 Å². The van der Waals surface area contributed by atoms with Crippen LogP contribution in [-0.2, 0) is 6.61 Å². The molecule has 8 heteroatoms. The quantitative estimate of drug-likeness (QED) is 0.427. The fraction of sp³-hybridized carbons (Fsp3) is 0.0952. The van der Waals surface area contributed by atoms with Crippen LogP contribution in [0.15, 0.2) is 61.2 Å². The number of fused-ring (bicyclic) bond motifs is 2. The van der Waals surface area contributed by atoms with Crippen molar-refractivity contribution in [1.29, 1.82) is 0 Å². The van der Waals surface area contributed by atoms with Gasteiger partial charge in [0.05, 0.1) is 31.1 Å². The van der Waals surface area contributed by atoms with Crippen LogP contribution in [0.2, 0.25) is 0 Å². The van der Waals surface area contributed by atoms with Crippen molar-refractivity contribution in [2.45, 2.75) is 6.61 Å². The van der Waals surface area contributed by atoms with Crippen molar-refractivity contribution < 1.29 is 9.84 Å². The second-order valence-corrected chi connectivity index (χ2v) is 6.61. The number of H-pyrrole nitrogens is 1. The average molecular weight is 386 g/mol. The Morgan fingerprint density at radius 2 is 2.14 bits per heavy atom. The Kier molecular flexibility index (Phi) is 4.10. The van der Waals surface area contributed by atoms with E-state index in [1.165, 1.54) is 0 Å². The second-order valence-electron chi connectivity index (χ2n) is 6.61. The number of benzene rings is 2. The maximum absolute atomic E-state index is 9.43. The van der Waals surface area contributed by atoms with E-state index in [0.717, 1.165) is 33.4 Å². The zero-order valence-corrected chi connectivity index (χ0v) is 15.6. The molecule has 0 unspecified atom stereocenters. The Bertz CT molecular complexity index is 1320. The van der Waals surface area contributed by atoms with Crippen LogP contribution in [0.25, 0.3) is 27.8 Å². The van der Waals surface area contributed by atoms with Crippen LogP contribution in [0.5, 0.6) is 5.75 Å². The minimum Gasteiger partial charge on any atom is -0.496 e. The fourth-order valence-electron chi connectivity index (χ4n) is 3.34. The van der Waals surface area contributed by atoms with Gasteiger partial charge >= 0.3 is 0 Å². The van der Waals surface area contributed by atoms with Crippen molar-refractivity contribution in [1.82, 2.24) is 24.6 Å². The molecule has 5 aromatic rings. The summed E-state index contributed by atoms with van der Waals surface area (Å²) in [5.74, 6) is 1.23. The van der Waals surface area contributed by atoms with E-state index in [0.29, 0.717) is 17.2 Å². The molecule has 0 saturated heterocycles. The van der Waals surface area contributed by atoms with E-state index in [9.17, 15) is 5.11 Å². The molecule has 5 rings (SSSR count). The molecule has 8 nitrogen and oxygen atoms in total. The molecular formula is C21H18N6O2. The van der Waals surface area contributed by atoms with Gasteiger partial charge in [-0.25, -0.2) is 9.97 Å². The minimum absolute atomic E-state index is 0.0855. The van der Waals surface area contributed by atoms with Gasteiger partial charge in [0.15, 0.2) is 11.5 Å². The minimum atomic E-state index is -0.0855. The van der Waals surface area contributed by atoms with Gasteiger partial charge in [-0.1, -0.05) is 18.2 Å². The lowest BCUT2D eigenvalue weighted by molar-refractivity contribution is 0.274. The summed E-state index contributed by atoms with van der Waals surface area (Å²) in [6.45, 7) is -0.0855. The largest absolute Gasteiger partial charge is 0.496 e. The fourth-order valence-corrected chi connectivity index (χ4v) is 3.34. The molecule has 3 aromatic heterocycles. The first-order valence-corrected chi connectivity index (χ1v) is 9.07. The van der Waals surface area contributed by atoms with Crippen LogP contribution >= 0.6 is 0 Å². The number of aromatic nitrogens is 5. The van der Waals surface area contributed by atoms with Gasteiger partial charge in [-0.15, -0.1) is 0 Å². The summed E-state index contributed by atoms with van der Waals surface area (Å²) in [7, 11) is 1.58. The third kappa shape index (κ3) is 3.05. The summed E-state index contributed by atoms with van der Waals surface area (Å²) < 4.78 is 7.29. The molecule has 144 valence electrons. The van der Waals surface area contributed by atoms with Crippen LogP contribution < -0.4 is 10.1 Å². The summed E-state index contributed by atoms with van der Waals surface area (Å²) in [5, 5.41) is 20.9. The lowest BCUT2D eigenvalue weighted by Gasteiger charge is -2.12. The molecule has 0 aliphatic heterocycles. The highest BCUT2D eigenvalue weighted by molar-refractivity contribution is 5.84. The van der Waals surface area contributed by atoms with Crippen LogP contribution in [-0.4, -0.2) is 36.8 Å². The van der Waals surface area contributed by atoms with Crippen LogP contribution in [0.3, 0.4) is 0 Å². The van der Waals surface area contributed by atoms with Crippen LogP contribution in [0.4, 0.5) is 11.5 Å². The van der Waals surface area contributed by atoms with E-state index in [1.54, 1.807) is 19.5 Å². The van der Waals surface area contributed by atoms with Gasteiger partial charge in [0, 0.05) is 46.9 Å². The first-order valence-electron chi connectivity index (χ1n) is 9.07. The first-order chi connectivity index (χ1) is 14.2. The average Bonchev–Trinajstić information content (AvgIpc) is 3.42. The number of anilines is 2. The predicted octanol–water partition coefficient (Wildman–Crippen LogP) is 3.52. The van der Waals surface area contributed by atoms with Crippen molar-refractivity contribution in [3.8, 4) is 17.0 Å². The summed E-state index contributed by atoms with van der Waals surface area (Å²) in [6.07, 6.45) is 7.36. The molecule has 0 fully saturated rings. The predicted molar refractivity (Wildman–Crippen MR) is 110 cm³/mol. The Hall–Kier alpha value is -3.91. The number of aromatic amines is 1. The lowest BCUT2D eigenvalue weighted by atomic mass is 10.1. The van der Waals surface area contributed by atoms with Crippen molar-refractivity contribution in [3.05, 3.63) is 66.7 Å². The van der Waals surface area contributed by atoms with Gasteiger partial charge in [-0.3, -0.25) is 5.10 Å². The van der Waals surface area contributed by atoms with E-state index in [1.807, 2.05) is 53.2 Å². The van der Waals surface area contributed by atoms with Crippen molar-refractivity contribution in [2.75, 3.05) is 12.4 Å². The molecular weight excluding hydrogens is 368 g/mol. The third-order valence-corrected chi connectivity index (χ3v) is 4.83. The van der Waals surface area contributed by atoms with Crippen molar-refractivity contribution >= 4 is 28.1 Å². The van der Waals surface area contributed by atoms with Gasteiger partial charge in [0.25, 0.3) is 0 Å². The number of imidazole rings is 1. The van der Waals surface area contributed by atoms with Gasteiger partial charge in [-0.2, -0.15) is 5.10 Å². The first kappa shape index (κ1) is 17.2. The van der Waals surface area contributed by atoms with E-state index in [-0.39, 0.29) is 6.61 Å². The van der Waals surface area contributed by atoms with Gasteiger partial charge < -0.3 is 19.6 Å². The van der Waals surface area contributed by atoms with Gasteiger partial charge in [0.1, 0.15) is 5.75 Å². The summed E-state index contributed by atoms with van der Waals surface area (Å²) in [5.41, 5.74) is 4.94. The second kappa shape index (κ2) is 6.92. The highest BCUT2D eigenvalue weighted by Crippen LogP contribution is 2.29. The monoisotopic (exact) mass is 386 g/mol. The van der Waals surface area contributed by atoms with Crippen molar-refractivity contribution in [3.63, 3.8) is 0 Å². The highest BCUT2D eigenvalue weighted by Gasteiger charge is 2.12. The molecule has 0 spiro atoms. The molecule has 0 radical (unpaired) electrons. The zero-order valence-electron chi connectivity index (χ0n) is 15.6. The normalized spacial score (nSPS) is 11.2. The molecule has 0 saturated carbocycles. The maximum atomic E-state index is 9.43. The molecule has 0 aliphatic rings. The molecule has 3 heterocycles. The van der Waals surface area contributed by atoms with E-state index in [2.05, 4.69) is 20.5 Å². The number of hydrogen-bond donors (Lipinski definition) is 3. The smallest absolute Gasteiger partial charge is 0.180 e. The Morgan fingerprint density at radius 1 is 1.21 bits per heavy atom. The summed E-state index contributed by atoms with van der Waals surface area (Å²) >= 11 is 0. The number of nitrogens with zero attached hydrogens (tertiary/aromatic N) is 4. The number of aliphatic hydroxyl groups excluding tert-OH is 1. The van der Waals surface area contributed by atoms with E-state index < -0.39 is 0 Å². The molecule has 29 heavy (non-hydrogen) atoms. The molecule has 0 atom stereocenters. The Morgan fingerprint density at radius 3 is 3.00 bits per heavy atom. The maximum Gasteiger partial charge on any atom is 0.180 e. The lowest BCUT2D eigenvalue weighted by Crippen LogP contribution is -2.01. The number of rotatable bonds is 5. The topological polar surface area (TPSA) is 100 Å². The number of aliphatic hydroxyl groups is 1. The Balaban J connectivity index is 1.59.